The minimum atomic E-state index is -0.486. The van der Waals surface area contributed by atoms with E-state index in [2.05, 4.69) is 6.92 Å². The first-order valence-corrected chi connectivity index (χ1v) is 6.81. The predicted octanol–water partition coefficient (Wildman–Crippen LogP) is 1.06. The summed E-state index contributed by atoms with van der Waals surface area (Å²) in [7, 11) is 0. The molecule has 1 aliphatic carbocycles. The molecule has 0 heterocycles. The molecular weight excluding hydrogens is 232 g/mol. The van der Waals surface area contributed by atoms with Crippen LogP contribution in [0.15, 0.2) is 0 Å². The van der Waals surface area contributed by atoms with E-state index in [9.17, 15) is 9.59 Å². The molecule has 18 heavy (non-hydrogen) atoms. The lowest BCUT2D eigenvalue weighted by Gasteiger charge is -2.24. The van der Waals surface area contributed by atoms with Crippen LogP contribution in [0.4, 0.5) is 0 Å². The molecule has 0 spiro atoms. The van der Waals surface area contributed by atoms with Gasteiger partial charge in [-0.3, -0.25) is 9.59 Å². The Kier molecular flexibility index (Phi) is 6.12. The highest BCUT2D eigenvalue weighted by atomic mass is 16.5. The molecule has 0 saturated heterocycles. The Hall–Kier alpha value is -1.10. The Morgan fingerprint density at radius 2 is 2.06 bits per heavy atom. The first kappa shape index (κ1) is 15.0. The summed E-state index contributed by atoms with van der Waals surface area (Å²) in [5, 5.41) is 0. The molecule has 1 amide bonds. The molecule has 1 rings (SSSR count). The summed E-state index contributed by atoms with van der Waals surface area (Å²) in [6, 6.07) is -0.297. The molecule has 1 saturated carbocycles. The van der Waals surface area contributed by atoms with Gasteiger partial charge in [0.1, 0.15) is 6.54 Å². The van der Waals surface area contributed by atoms with Crippen molar-refractivity contribution in [1.82, 2.24) is 4.90 Å². The van der Waals surface area contributed by atoms with Gasteiger partial charge in [-0.15, -0.1) is 0 Å². The van der Waals surface area contributed by atoms with Gasteiger partial charge in [-0.2, -0.15) is 0 Å². The van der Waals surface area contributed by atoms with Crippen LogP contribution in [0.5, 0.6) is 0 Å². The van der Waals surface area contributed by atoms with Crippen LogP contribution in [-0.2, 0) is 14.3 Å². The standard InChI is InChI=1S/C13H24N2O3/c1-3-5-6-11(14)13(17)15(10-7-8-10)9-12(16)18-4-2/h10-11H,3-9,14H2,1-2H3/t11-/m0/s1. The first-order chi connectivity index (χ1) is 8.60. The number of carbonyl (C=O) groups excluding carboxylic acids is 2. The van der Waals surface area contributed by atoms with Gasteiger partial charge in [0.05, 0.1) is 12.6 Å². The number of nitrogens with zero attached hydrogens (tertiary/aromatic N) is 1. The maximum absolute atomic E-state index is 12.2. The summed E-state index contributed by atoms with van der Waals surface area (Å²) in [5.41, 5.74) is 5.88. The van der Waals surface area contributed by atoms with Crippen LogP contribution in [0.25, 0.3) is 0 Å². The number of ether oxygens (including phenoxy) is 1. The fraction of sp³-hybridized carbons (Fsp3) is 0.846. The number of amides is 1. The zero-order valence-corrected chi connectivity index (χ0v) is 11.4. The summed E-state index contributed by atoms with van der Waals surface area (Å²) >= 11 is 0. The third-order valence-electron chi connectivity index (χ3n) is 3.06. The van der Waals surface area contributed by atoms with E-state index in [0.717, 1.165) is 25.7 Å². The Labute approximate surface area is 109 Å². The van der Waals surface area contributed by atoms with Crippen molar-refractivity contribution < 1.29 is 14.3 Å². The number of nitrogens with two attached hydrogens (primary N) is 1. The summed E-state index contributed by atoms with van der Waals surface area (Å²) in [4.78, 5) is 25.2. The maximum Gasteiger partial charge on any atom is 0.325 e. The second-order valence-electron chi connectivity index (χ2n) is 4.75. The van der Waals surface area contributed by atoms with Gasteiger partial charge < -0.3 is 15.4 Å². The van der Waals surface area contributed by atoms with Crippen LogP contribution in [0.2, 0.25) is 0 Å². The van der Waals surface area contributed by atoms with Gasteiger partial charge in [-0.05, 0) is 26.2 Å². The van der Waals surface area contributed by atoms with Gasteiger partial charge in [0.25, 0.3) is 0 Å². The van der Waals surface area contributed by atoms with Crippen molar-refractivity contribution in [2.24, 2.45) is 5.73 Å². The number of carbonyl (C=O) groups is 2. The third kappa shape index (κ3) is 4.64. The normalized spacial score (nSPS) is 16.2. The van der Waals surface area contributed by atoms with E-state index in [-0.39, 0.29) is 24.5 Å². The molecule has 0 radical (unpaired) electrons. The highest BCUT2D eigenvalue weighted by molar-refractivity contribution is 5.86. The van der Waals surface area contributed by atoms with E-state index < -0.39 is 6.04 Å². The molecule has 0 bridgehead atoms. The lowest BCUT2D eigenvalue weighted by molar-refractivity contribution is -0.149. The molecule has 0 aromatic carbocycles. The van der Waals surface area contributed by atoms with Gasteiger partial charge in [0, 0.05) is 6.04 Å². The molecule has 5 heteroatoms. The number of hydrogen-bond acceptors (Lipinski definition) is 4. The fourth-order valence-electron chi connectivity index (χ4n) is 1.88. The van der Waals surface area contributed by atoms with Gasteiger partial charge >= 0.3 is 5.97 Å². The van der Waals surface area contributed by atoms with Crippen molar-refractivity contribution in [2.45, 2.75) is 58.0 Å². The van der Waals surface area contributed by atoms with Gasteiger partial charge in [0.2, 0.25) is 5.91 Å². The van der Waals surface area contributed by atoms with Crippen molar-refractivity contribution >= 4 is 11.9 Å². The second-order valence-corrected chi connectivity index (χ2v) is 4.75. The molecule has 0 aromatic rings. The molecule has 104 valence electrons. The molecule has 5 nitrogen and oxygen atoms in total. The largest absolute Gasteiger partial charge is 0.465 e. The number of esters is 1. The molecule has 0 unspecified atom stereocenters. The van der Waals surface area contributed by atoms with Crippen molar-refractivity contribution in [1.29, 1.82) is 0 Å². The third-order valence-corrected chi connectivity index (χ3v) is 3.06. The smallest absolute Gasteiger partial charge is 0.325 e. The average Bonchev–Trinajstić information content (AvgIpc) is 3.16. The van der Waals surface area contributed by atoms with Crippen molar-refractivity contribution in [3.63, 3.8) is 0 Å². The van der Waals surface area contributed by atoms with Crippen LogP contribution in [0, 0.1) is 0 Å². The molecular formula is C13H24N2O3. The Bertz CT molecular complexity index is 290. The maximum atomic E-state index is 12.2. The second kappa shape index (κ2) is 7.36. The van der Waals surface area contributed by atoms with Gasteiger partial charge in [-0.1, -0.05) is 19.8 Å². The SMILES string of the molecule is CCCC[C@H](N)C(=O)N(CC(=O)OCC)C1CC1. The lowest BCUT2D eigenvalue weighted by Crippen LogP contribution is -2.47. The van der Waals surface area contributed by atoms with E-state index >= 15 is 0 Å². The Morgan fingerprint density at radius 1 is 1.39 bits per heavy atom. The summed E-state index contributed by atoms with van der Waals surface area (Å²) < 4.78 is 4.89. The zero-order chi connectivity index (χ0) is 13.5. The molecule has 1 fully saturated rings. The van der Waals surface area contributed by atoms with Crippen molar-refractivity contribution in [3.8, 4) is 0 Å². The quantitative estimate of drug-likeness (QED) is 0.659. The zero-order valence-electron chi connectivity index (χ0n) is 11.4. The molecule has 2 N–H and O–H groups in total. The number of unbranched alkanes of at least 4 members (excludes halogenated alkanes) is 1. The topological polar surface area (TPSA) is 72.6 Å². The first-order valence-electron chi connectivity index (χ1n) is 6.81. The predicted molar refractivity (Wildman–Crippen MR) is 68.9 cm³/mol. The summed E-state index contributed by atoms with van der Waals surface area (Å²) in [6.45, 7) is 4.20. The van der Waals surface area contributed by atoms with E-state index in [1.807, 2.05) is 0 Å². The minimum absolute atomic E-state index is 0.0389. The van der Waals surface area contributed by atoms with Crippen LogP contribution < -0.4 is 5.73 Å². The van der Waals surface area contributed by atoms with Crippen LogP contribution >= 0.6 is 0 Å². The van der Waals surface area contributed by atoms with Crippen molar-refractivity contribution in [3.05, 3.63) is 0 Å². The van der Waals surface area contributed by atoms with Gasteiger partial charge in [0.15, 0.2) is 0 Å². The summed E-state index contributed by atoms with van der Waals surface area (Å²) in [5.74, 6) is -0.459. The highest BCUT2D eigenvalue weighted by Gasteiger charge is 2.35. The minimum Gasteiger partial charge on any atom is -0.465 e. The van der Waals surface area contributed by atoms with E-state index in [0.29, 0.717) is 13.0 Å². The monoisotopic (exact) mass is 256 g/mol. The average molecular weight is 256 g/mol. The van der Waals surface area contributed by atoms with E-state index in [4.69, 9.17) is 10.5 Å². The molecule has 0 aromatic heterocycles. The molecule has 0 aliphatic heterocycles. The van der Waals surface area contributed by atoms with Crippen LogP contribution in [0.1, 0.15) is 46.0 Å². The number of rotatable bonds is 8. The van der Waals surface area contributed by atoms with Crippen molar-refractivity contribution in [2.75, 3.05) is 13.2 Å². The fourth-order valence-corrected chi connectivity index (χ4v) is 1.88. The van der Waals surface area contributed by atoms with Crippen LogP contribution in [-0.4, -0.2) is 42.0 Å². The highest BCUT2D eigenvalue weighted by Crippen LogP contribution is 2.27. The Morgan fingerprint density at radius 3 is 2.56 bits per heavy atom. The van der Waals surface area contributed by atoms with Gasteiger partial charge in [-0.25, -0.2) is 0 Å². The molecule has 1 aliphatic rings. The molecule has 1 atom stereocenters. The Balaban J connectivity index is 2.50. The van der Waals surface area contributed by atoms with E-state index in [1.165, 1.54) is 0 Å². The number of hydrogen-bond donors (Lipinski definition) is 1. The van der Waals surface area contributed by atoms with Crippen LogP contribution in [0.3, 0.4) is 0 Å². The lowest BCUT2D eigenvalue weighted by atomic mass is 10.1. The van der Waals surface area contributed by atoms with E-state index in [1.54, 1.807) is 11.8 Å². The summed E-state index contributed by atoms with van der Waals surface area (Å²) in [6.07, 6.45) is 4.56.